The number of carbonyl (C=O) groups is 3. The normalized spacial score (nSPS) is 29.4. The van der Waals surface area contributed by atoms with E-state index in [0.29, 0.717) is 11.7 Å². The number of hydrogen-bond donors (Lipinski definition) is 3. The number of primary amides is 1. The molecule has 8 heteroatoms. The number of nitrogens with one attached hydrogen (secondary N) is 2. The highest BCUT2D eigenvalue weighted by Crippen LogP contribution is 2.33. The Labute approximate surface area is 135 Å². The van der Waals surface area contributed by atoms with E-state index in [1.165, 1.54) is 0 Å². The van der Waals surface area contributed by atoms with E-state index in [-0.39, 0.29) is 23.9 Å². The lowest BCUT2D eigenvalue weighted by molar-refractivity contribution is -0.125. The van der Waals surface area contributed by atoms with Crippen LogP contribution < -0.4 is 16.4 Å². The highest BCUT2D eigenvalue weighted by molar-refractivity contribution is 14.1. The number of unbranched alkanes of at least 4 members (excludes halogenated alkanes) is 1. The second kappa shape index (κ2) is 6.97. The van der Waals surface area contributed by atoms with Crippen molar-refractivity contribution in [2.45, 2.75) is 46.9 Å². The van der Waals surface area contributed by atoms with E-state index in [1.54, 1.807) is 22.6 Å². The van der Waals surface area contributed by atoms with Crippen LogP contribution in [0.1, 0.15) is 25.7 Å². The van der Waals surface area contributed by atoms with Crippen molar-refractivity contribution in [1.29, 1.82) is 0 Å². The summed E-state index contributed by atoms with van der Waals surface area (Å²) in [6.07, 6.45) is 3.06. The van der Waals surface area contributed by atoms with Crippen LogP contribution in [-0.2, 0) is 9.59 Å². The summed E-state index contributed by atoms with van der Waals surface area (Å²) in [6.45, 7) is 0. The first-order chi connectivity index (χ1) is 9.49. The molecule has 0 aromatic heterocycles. The fraction of sp³-hybridized carbons (Fsp3) is 0.750. The second-order valence-corrected chi connectivity index (χ2v) is 7.62. The van der Waals surface area contributed by atoms with Gasteiger partial charge in [0.25, 0.3) is 0 Å². The minimum Gasteiger partial charge on any atom is -0.368 e. The Balaban J connectivity index is 1.66. The van der Waals surface area contributed by atoms with E-state index in [1.807, 2.05) is 11.8 Å². The van der Waals surface area contributed by atoms with E-state index >= 15 is 0 Å². The molecule has 0 aromatic rings. The summed E-state index contributed by atoms with van der Waals surface area (Å²) in [4.78, 5) is 33.7. The first-order valence-corrected chi connectivity index (χ1v) is 8.93. The summed E-state index contributed by atoms with van der Waals surface area (Å²) < 4.78 is -0.712. The van der Waals surface area contributed by atoms with E-state index in [9.17, 15) is 14.4 Å². The Kier molecular flexibility index (Phi) is 5.53. The van der Waals surface area contributed by atoms with Crippen molar-refractivity contribution < 1.29 is 14.4 Å². The van der Waals surface area contributed by atoms with Crippen molar-refractivity contribution in [2.75, 3.05) is 5.75 Å². The second-order valence-electron chi connectivity index (χ2n) is 5.10. The molecule has 20 heavy (non-hydrogen) atoms. The molecule has 0 spiro atoms. The van der Waals surface area contributed by atoms with Crippen molar-refractivity contribution in [3.05, 3.63) is 0 Å². The molecule has 4 N–H and O–H groups in total. The molecule has 6 nitrogen and oxygen atoms in total. The fourth-order valence-corrected chi connectivity index (χ4v) is 4.43. The van der Waals surface area contributed by atoms with Gasteiger partial charge in [0.05, 0.1) is 12.1 Å². The lowest BCUT2D eigenvalue weighted by Crippen LogP contribution is -2.36. The molecule has 2 saturated heterocycles. The summed E-state index contributed by atoms with van der Waals surface area (Å²) >= 11 is 3.65. The topological polar surface area (TPSA) is 101 Å². The van der Waals surface area contributed by atoms with Gasteiger partial charge in [-0.05, 0) is 12.8 Å². The number of halogens is 1. The maximum absolute atomic E-state index is 11.6. The Morgan fingerprint density at radius 3 is 2.85 bits per heavy atom. The highest BCUT2D eigenvalue weighted by Gasteiger charge is 2.42. The minimum atomic E-state index is -0.712. The van der Waals surface area contributed by atoms with E-state index in [0.717, 1.165) is 25.0 Å². The SMILES string of the molecule is NC(=O)C(I)C(=O)CCCC[C@@H]1SC[C@@H]2NC(=O)N[C@@H]21. The predicted molar refractivity (Wildman–Crippen MR) is 86.0 cm³/mol. The third-order valence-electron chi connectivity index (χ3n) is 3.63. The zero-order valence-electron chi connectivity index (χ0n) is 10.9. The standard InChI is InChI=1S/C12H18IN3O3S/c13-9(11(14)18)7(17)3-1-2-4-8-10-6(5-20-8)15-12(19)16-10/h6,8-10H,1-5H2,(H2,14,18)(H2,15,16,19)/t6-,8-,9?,10-/m0/s1. The molecule has 0 aliphatic carbocycles. The molecule has 0 radical (unpaired) electrons. The molecule has 4 atom stereocenters. The number of alkyl halides is 1. The molecule has 0 aromatic carbocycles. The smallest absolute Gasteiger partial charge is 0.315 e. The van der Waals surface area contributed by atoms with Crippen molar-refractivity contribution in [2.24, 2.45) is 5.73 Å². The summed E-state index contributed by atoms with van der Waals surface area (Å²) in [7, 11) is 0. The van der Waals surface area contributed by atoms with Gasteiger partial charge in [-0.25, -0.2) is 4.79 Å². The van der Waals surface area contributed by atoms with Gasteiger partial charge in [-0.2, -0.15) is 11.8 Å². The monoisotopic (exact) mass is 411 g/mol. The van der Waals surface area contributed by atoms with Crippen molar-refractivity contribution in [3.8, 4) is 0 Å². The Morgan fingerprint density at radius 2 is 2.15 bits per heavy atom. The molecule has 1 unspecified atom stereocenters. The number of rotatable bonds is 7. The number of thioether (sulfide) groups is 1. The molecular formula is C12H18IN3O3S. The minimum absolute atomic E-state index is 0.0744. The zero-order valence-corrected chi connectivity index (χ0v) is 13.9. The number of nitrogens with two attached hydrogens (primary N) is 1. The van der Waals surface area contributed by atoms with Crippen molar-refractivity contribution in [3.63, 3.8) is 0 Å². The molecule has 112 valence electrons. The third-order valence-corrected chi connectivity index (χ3v) is 6.45. The zero-order chi connectivity index (χ0) is 14.7. The number of fused-ring (bicyclic) bond motifs is 1. The van der Waals surface area contributed by atoms with Gasteiger partial charge in [0.15, 0.2) is 5.78 Å². The molecule has 2 heterocycles. The summed E-state index contributed by atoms with van der Waals surface area (Å²) in [5, 5.41) is 6.27. The van der Waals surface area contributed by atoms with Crippen LogP contribution in [-0.4, -0.2) is 44.7 Å². The van der Waals surface area contributed by atoms with Gasteiger partial charge in [0.1, 0.15) is 3.92 Å². The predicted octanol–water partition coefficient (Wildman–Crippen LogP) is 0.570. The van der Waals surface area contributed by atoms with Gasteiger partial charge < -0.3 is 16.4 Å². The molecule has 2 aliphatic rings. The molecule has 2 aliphatic heterocycles. The van der Waals surface area contributed by atoms with E-state index < -0.39 is 9.83 Å². The number of hydrogen-bond acceptors (Lipinski definition) is 4. The number of amides is 3. The van der Waals surface area contributed by atoms with Gasteiger partial charge in [0, 0.05) is 17.4 Å². The van der Waals surface area contributed by atoms with Crippen molar-refractivity contribution >= 4 is 52.1 Å². The summed E-state index contributed by atoms with van der Waals surface area (Å²) in [5.41, 5.74) is 5.09. The summed E-state index contributed by atoms with van der Waals surface area (Å²) in [6, 6.07) is 0.383. The van der Waals surface area contributed by atoms with Crippen LogP contribution in [0, 0.1) is 0 Å². The van der Waals surface area contributed by atoms with Crippen LogP contribution in [0.4, 0.5) is 4.79 Å². The van der Waals surface area contributed by atoms with Crippen molar-refractivity contribution in [1.82, 2.24) is 10.6 Å². The number of carbonyl (C=O) groups excluding carboxylic acids is 3. The first kappa shape index (κ1) is 15.9. The van der Waals surface area contributed by atoms with Gasteiger partial charge in [0.2, 0.25) is 5.91 Å². The molecule has 3 amide bonds. The molecular weight excluding hydrogens is 393 g/mol. The van der Waals surface area contributed by atoms with Crippen LogP contribution in [0.25, 0.3) is 0 Å². The van der Waals surface area contributed by atoms with Gasteiger partial charge in [-0.1, -0.05) is 29.0 Å². The van der Waals surface area contributed by atoms with Crippen LogP contribution in [0.2, 0.25) is 0 Å². The third kappa shape index (κ3) is 3.78. The molecule has 2 rings (SSSR count). The highest BCUT2D eigenvalue weighted by atomic mass is 127. The van der Waals surface area contributed by atoms with Crippen LogP contribution in [0.5, 0.6) is 0 Å². The maximum Gasteiger partial charge on any atom is 0.315 e. The van der Waals surface area contributed by atoms with Gasteiger partial charge in [-0.15, -0.1) is 0 Å². The van der Waals surface area contributed by atoms with E-state index in [2.05, 4.69) is 10.6 Å². The number of Topliss-reactive ketones (excluding diaryl/α,β-unsaturated/α-hetero) is 1. The molecule has 0 bridgehead atoms. The average molecular weight is 411 g/mol. The van der Waals surface area contributed by atoms with Gasteiger partial charge in [-0.3, -0.25) is 9.59 Å². The molecule has 2 fully saturated rings. The fourth-order valence-electron chi connectivity index (χ4n) is 2.57. The van der Waals surface area contributed by atoms with Gasteiger partial charge >= 0.3 is 6.03 Å². The lowest BCUT2D eigenvalue weighted by Gasteiger charge is -2.16. The quantitative estimate of drug-likeness (QED) is 0.188. The lowest BCUT2D eigenvalue weighted by atomic mass is 10.0. The number of ketones is 1. The van der Waals surface area contributed by atoms with Crippen LogP contribution in [0.15, 0.2) is 0 Å². The largest absolute Gasteiger partial charge is 0.368 e. The van der Waals surface area contributed by atoms with Crippen LogP contribution >= 0.6 is 34.4 Å². The van der Waals surface area contributed by atoms with Crippen LogP contribution in [0.3, 0.4) is 0 Å². The summed E-state index contributed by atoms with van der Waals surface area (Å²) in [5.74, 6) is 0.292. The Bertz CT molecular complexity index is 421. The molecule has 0 saturated carbocycles. The Morgan fingerprint density at radius 1 is 1.40 bits per heavy atom. The van der Waals surface area contributed by atoms with E-state index in [4.69, 9.17) is 5.73 Å². The number of urea groups is 1. The average Bonchev–Trinajstić information content (AvgIpc) is 2.93. The Hall–Kier alpha value is -0.510. The maximum atomic E-state index is 11.6. The first-order valence-electron chi connectivity index (χ1n) is 6.64.